The molecule has 1 heterocycles. The Bertz CT molecular complexity index is 503. The second-order valence-electron chi connectivity index (χ2n) is 4.90. The molecule has 0 aliphatic heterocycles. The van der Waals surface area contributed by atoms with Gasteiger partial charge >= 0.3 is 0 Å². The van der Waals surface area contributed by atoms with Crippen LogP contribution in [0, 0.1) is 6.92 Å². The highest BCUT2D eigenvalue weighted by Crippen LogP contribution is 2.05. The third-order valence-electron chi connectivity index (χ3n) is 3.08. The minimum absolute atomic E-state index is 0.444. The Labute approximate surface area is 114 Å². The van der Waals surface area contributed by atoms with Gasteiger partial charge in [0.25, 0.3) is 0 Å². The predicted octanol–water partition coefficient (Wildman–Crippen LogP) is 1.18. The SMILES string of the molecule is Cc1ccc(CN(C)CCn2cc(CN)nn2)cc1. The summed E-state index contributed by atoms with van der Waals surface area (Å²) in [6.45, 7) is 5.25. The molecule has 0 bridgehead atoms. The van der Waals surface area contributed by atoms with Gasteiger partial charge in [0, 0.05) is 25.8 Å². The summed E-state index contributed by atoms with van der Waals surface area (Å²) < 4.78 is 1.84. The lowest BCUT2D eigenvalue weighted by molar-refractivity contribution is 0.304. The topological polar surface area (TPSA) is 60.0 Å². The molecule has 0 radical (unpaired) electrons. The quantitative estimate of drug-likeness (QED) is 0.846. The largest absolute Gasteiger partial charge is 0.325 e. The molecule has 0 atom stereocenters. The molecule has 0 unspecified atom stereocenters. The molecule has 2 rings (SSSR count). The second kappa shape index (κ2) is 6.45. The number of hydrogen-bond acceptors (Lipinski definition) is 4. The molecule has 2 aromatic rings. The standard InChI is InChI=1S/C14H21N5/c1-12-3-5-13(6-4-12)10-18(2)7-8-19-11-14(9-15)16-17-19/h3-6,11H,7-10,15H2,1-2H3. The van der Waals surface area contributed by atoms with Crippen LogP contribution in [-0.2, 0) is 19.6 Å². The van der Waals surface area contributed by atoms with Gasteiger partial charge in [-0.3, -0.25) is 4.68 Å². The van der Waals surface area contributed by atoms with Crippen molar-refractivity contribution < 1.29 is 0 Å². The first-order valence-corrected chi connectivity index (χ1v) is 6.50. The Kier molecular flexibility index (Phi) is 4.65. The third kappa shape index (κ3) is 4.15. The maximum Gasteiger partial charge on any atom is 0.0962 e. The Morgan fingerprint density at radius 3 is 2.63 bits per heavy atom. The van der Waals surface area contributed by atoms with Crippen molar-refractivity contribution >= 4 is 0 Å². The predicted molar refractivity (Wildman–Crippen MR) is 75.4 cm³/mol. The zero-order valence-electron chi connectivity index (χ0n) is 11.6. The monoisotopic (exact) mass is 259 g/mol. The zero-order valence-corrected chi connectivity index (χ0v) is 11.6. The molecular formula is C14H21N5. The van der Waals surface area contributed by atoms with Crippen molar-refractivity contribution in [1.29, 1.82) is 0 Å². The van der Waals surface area contributed by atoms with E-state index in [1.807, 2.05) is 10.9 Å². The van der Waals surface area contributed by atoms with Crippen molar-refractivity contribution in [3.8, 4) is 0 Å². The number of nitrogens with two attached hydrogens (primary N) is 1. The molecular weight excluding hydrogens is 238 g/mol. The van der Waals surface area contributed by atoms with Crippen molar-refractivity contribution in [2.45, 2.75) is 26.6 Å². The minimum atomic E-state index is 0.444. The highest BCUT2D eigenvalue weighted by atomic mass is 15.4. The lowest BCUT2D eigenvalue weighted by atomic mass is 10.1. The molecule has 0 saturated heterocycles. The van der Waals surface area contributed by atoms with E-state index in [0.29, 0.717) is 6.54 Å². The van der Waals surface area contributed by atoms with Gasteiger partial charge in [-0.1, -0.05) is 35.0 Å². The van der Waals surface area contributed by atoms with E-state index in [4.69, 9.17) is 5.73 Å². The van der Waals surface area contributed by atoms with E-state index in [1.165, 1.54) is 11.1 Å². The first-order valence-electron chi connectivity index (χ1n) is 6.50. The second-order valence-corrected chi connectivity index (χ2v) is 4.90. The van der Waals surface area contributed by atoms with Crippen molar-refractivity contribution in [2.75, 3.05) is 13.6 Å². The Hall–Kier alpha value is -1.72. The lowest BCUT2D eigenvalue weighted by Gasteiger charge is -2.16. The summed E-state index contributed by atoms with van der Waals surface area (Å²) in [6.07, 6.45) is 1.90. The van der Waals surface area contributed by atoms with Crippen LogP contribution in [0.3, 0.4) is 0 Å². The molecule has 0 aliphatic rings. The van der Waals surface area contributed by atoms with E-state index in [-0.39, 0.29) is 0 Å². The Morgan fingerprint density at radius 1 is 1.26 bits per heavy atom. The van der Waals surface area contributed by atoms with Crippen LogP contribution in [0.5, 0.6) is 0 Å². The van der Waals surface area contributed by atoms with Gasteiger partial charge in [0.05, 0.1) is 12.2 Å². The van der Waals surface area contributed by atoms with E-state index in [0.717, 1.165) is 25.3 Å². The number of aromatic nitrogens is 3. The van der Waals surface area contributed by atoms with Crippen molar-refractivity contribution in [1.82, 2.24) is 19.9 Å². The molecule has 0 saturated carbocycles. The van der Waals surface area contributed by atoms with Crippen LogP contribution in [0.15, 0.2) is 30.5 Å². The molecule has 1 aromatic carbocycles. The fourth-order valence-corrected chi connectivity index (χ4v) is 1.90. The van der Waals surface area contributed by atoms with Crippen molar-refractivity contribution in [3.63, 3.8) is 0 Å². The third-order valence-corrected chi connectivity index (χ3v) is 3.08. The average Bonchev–Trinajstić information content (AvgIpc) is 2.87. The van der Waals surface area contributed by atoms with E-state index in [1.54, 1.807) is 0 Å². The molecule has 5 nitrogen and oxygen atoms in total. The van der Waals surface area contributed by atoms with E-state index in [2.05, 4.69) is 53.4 Å². The molecule has 2 N–H and O–H groups in total. The van der Waals surface area contributed by atoms with Gasteiger partial charge < -0.3 is 10.6 Å². The maximum absolute atomic E-state index is 5.51. The molecule has 0 spiro atoms. The molecule has 0 amide bonds. The summed E-state index contributed by atoms with van der Waals surface area (Å²) in [5.41, 5.74) is 8.96. The van der Waals surface area contributed by atoms with Gasteiger partial charge in [-0.15, -0.1) is 5.10 Å². The van der Waals surface area contributed by atoms with Crippen molar-refractivity contribution in [2.24, 2.45) is 5.73 Å². The van der Waals surface area contributed by atoms with E-state index >= 15 is 0 Å². The molecule has 1 aromatic heterocycles. The molecule has 19 heavy (non-hydrogen) atoms. The summed E-state index contributed by atoms with van der Waals surface area (Å²) in [7, 11) is 2.11. The highest BCUT2D eigenvalue weighted by molar-refractivity contribution is 5.21. The normalized spacial score (nSPS) is 11.2. The first kappa shape index (κ1) is 13.7. The molecule has 0 fully saturated rings. The Balaban J connectivity index is 1.81. The van der Waals surface area contributed by atoms with Crippen LogP contribution < -0.4 is 5.73 Å². The summed E-state index contributed by atoms with van der Waals surface area (Å²) in [4.78, 5) is 2.27. The van der Waals surface area contributed by atoms with Crippen LogP contribution >= 0.6 is 0 Å². The minimum Gasteiger partial charge on any atom is -0.325 e. The lowest BCUT2D eigenvalue weighted by Crippen LogP contribution is -2.23. The molecule has 102 valence electrons. The fraction of sp³-hybridized carbons (Fsp3) is 0.429. The highest BCUT2D eigenvalue weighted by Gasteiger charge is 2.02. The summed E-state index contributed by atoms with van der Waals surface area (Å²) in [6, 6.07) is 8.64. The van der Waals surface area contributed by atoms with Crippen LogP contribution in [0.4, 0.5) is 0 Å². The van der Waals surface area contributed by atoms with Crippen LogP contribution in [0.25, 0.3) is 0 Å². The van der Waals surface area contributed by atoms with Crippen LogP contribution in [-0.4, -0.2) is 33.5 Å². The van der Waals surface area contributed by atoms with Gasteiger partial charge in [-0.25, -0.2) is 0 Å². The van der Waals surface area contributed by atoms with Crippen LogP contribution in [0.2, 0.25) is 0 Å². The zero-order chi connectivity index (χ0) is 13.7. The Morgan fingerprint density at radius 2 is 2.00 bits per heavy atom. The molecule has 0 aliphatic carbocycles. The number of likely N-dealkylation sites (N-methyl/N-ethyl adjacent to an activating group) is 1. The van der Waals surface area contributed by atoms with Gasteiger partial charge in [0.1, 0.15) is 0 Å². The number of nitrogens with zero attached hydrogens (tertiary/aromatic N) is 4. The van der Waals surface area contributed by atoms with E-state index in [9.17, 15) is 0 Å². The van der Waals surface area contributed by atoms with Crippen LogP contribution in [0.1, 0.15) is 16.8 Å². The number of benzene rings is 1. The average molecular weight is 259 g/mol. The summed E-state index contributed by atoms with van der Waals surface area (Å²) >= 11 is 0. The summed E-state index contributed by atoms with van der Waals surface area (Å²) in [5, 5.41) is 8.01. The van der Waals surface area contributed by atoms with Crippen molar-refractivity contribution in [3.05, 3.63) is 47.3 Å². The number of rotatable bonds is 6. The maximum atomic E-state index is 5.51. The molecule has 5 heteroatoms. The van der Waals surface area contributed by atoms with E-state index < -0.39 is 0 Å². The van der Waals surface area contributed by atoms with Gasteiger partial charge in [0.15, 0.2) is 0 Å². The number of aryl methyl sites for hydroxylation is 1. The summed E-state index contributed by atoms with van der Waals surface area (Å²) in [5.74, 6) is 0. The number of hydrogen-bond donors (Lipinski definition) is 1. The fourth-order valence-electron chi connectivity index (χ4n) is 1.90. The van der Waals surface area contributed by atoms with Gasteiger partial charge in [-0.05, 0) is 19.5 Å². The first-order chi connectivity index (χ1) is 9.17. The van der Waals surface area contributed by atoms with Gasteiger partial charge in [0.2, 0.25) is 0 Å². The van der Waals surface area contributed by atoms with Gasteiger partial charge in [-0.2, -0.15) is 0 Å². The smallest absolute Gasteiger partial charge is 0.0962 e.